The number of carbonyl (C=O) groups is 1. The Hall–Kier alpha value is -2.49. The summed E-state index contributed by atoms with van der Waals surface area (Å²) in [5.41, 5.74) is 0.336. The maximum atomic E-state index is 13.5. The van der Waals surface area contributed by atoms with Gasteiger partial charge in [-0.25, -0.2) is 12.8 Å². The zero-order valence-electron chi connectivity index (χ0n) is 15.8. The first kappa shape index (κ1) is 21.2. The molecular weight excluding hydrogens is 399 g/mol. The van der Waals surface area contributed by atoms with E-state index in [0.29, 0.717) is 37.6 Å². The smallest absolute Gasteiger partial charge is 0.243 e. The molecule has 156 valence electrons. The summed E-state index contributed by atoms with van der Waals surface area (Å²) in [5, 5.41) is 2.66. The normalized spacial score (nSPS) is 15.1. The van der Waals surface area contributed by atoms with Gasteiger partial charge in [-0.05, 0) is 35.9 Å². The highest BCUT2D eigenvalue weighted by atomic mass is 32.2. The van der Waals surface area contributed by atoms with Crippen LogP contribution in [-0.4, -0.2) is 58.1 Å². The summed E-state index contributed by atoms with van der Waals surface area (Å²) in [5.74, 6) is -0.217. The highest BCUT2D eigenvalue weighted by molar-refractivity contribution is 7.89. The number of nitrogens with zero attached hydrogens (tertiary/aromatic N) is 1. The van der Waals surface area contributed by atoms with Gasteiger partial charge in [-0.1, -0.05) is 18.2 Å². The van der Waals surface area contributed by atoms with Crippen molar-refractivity contribution < 1.29 is 27.1 Å². The molecule has 1 N–H and O–H groups in total. The molecule has 3 rings (SSSR count). The summed E-state index contributed by atoms with van der Waals surface area (Å²) in [6.45, 7) is 1.92. The number of benzene rings is 2. The van der Waals surface area contributed by atoms with Crippen molar-refractivity contribution in [3.8, 4) is 5.75 Å². The predicted octanol–water partition coefficient (Wildman–Crippen LogP) is 1.58. The SMILES string of the molecule is O=C(Cc1ccccc1F)NCCOc1ccc(S(=O)(=O)N2CCOCC2)cc1. The largest absolute Gasteiger partial charge is 0.492 e. The van der Waals surface area contributed by atoms with Gasteiger partial charge in [0.2, 0.25) is 15.9 Å². The average Bonchev–Trinajstić information content (AvgIpc) is 2.74. The summed E-state index contributed by atoms with van der Waals surface area (Å²) < 4.78 is 50.8. The van der Waals surface area contributed by atoms with Crippen LogP contribution in [-0.2, 0) is 26.0 Å². The van der Waals surface area contributed by atoms with Crippen molar-refractivity contribution in [1.82, 2.24) is 9.62 Å². The topological polar surface area (TPSA) is 84.9 Å². The Labute approximate surface area is 169 Å². The minimum atomic E-state index is -3.54. The molecule has 1 saturated heterocycles. The van der Waals surface area contributed by atoms with Crippen molar-refractivity contribution in [1.29, 1.82) is 0 Å². The Kier molecular flexibility index (Phi) is 7.18. The number of halogens is 1. The number of hydrogen-bond acceptors (Lipinski definition) is 5. The first-order chi connectivity index (χ1) is 14.0. The van der Waals surface area contributed by atoms with Crippen LogP contribution >= 0.6 is 0 Å². The van der Waals surface area contributed by atoms with Crippen LogP contribution in [0.4, 0.5) is 4.39 Å². The lowest BCUT2D eigenvalue weighted by Gasteiger charge is -2.26. The summed E-state index contributed by atoms with van der Waals surface area (Å²) in [6.07, 6.45) is -0.0409. The van der Waals surface area contributed by atoms with E-state index in [4.69, 9.17) is 9.47 Å². The van der Waals surface area contributed by atoms with Crippen LogP contribution in [0.2, 0.25) is 0 Å². The number of sulfonamides is 1. The van der Waals surface area contributed by atoms with Crippen LogP contribution in [0.25, 0.3) is 0 Å². The van der Waals surface area contributed by atoms with Crippen molar-refractivity contribution in [2.75, 3.05) is 39.5 Å². The molecule has 0 unspecified atom stereocenters. The lowest BCUT2D eigenvalue weighted by molar-refractivity contribution is -0.120. The lowest BCUT2D eigenvalue weighted by Crippen LogP contribution is -2.40. The van der Waals surface area contributed by atoms with Crippen LogP contribution in [0.3, 0.4) is 0 Å². The van der Waals surface area contributed by atoms with E-state index >= 15 is 0 Å². The van der Waals surface area contributed by atoms with Crippen molar-refractivity contribution in [2.24, 2.45) is 0 Å². The standard InChI is InChI=1S/C20H23FN2O5S/c21-19-4-2-1-3-16(19)15-20(24)22-9-12-28-17-5-7-18(8-6-17)29(25,26)23-10-13-27-14-11-23/h1-8H,9-15H2,(H,22,24). The number of ether oxygens (including phenoxy) is 2. The van der Waals surface area contributed by atoms with Crippen LogP contribution < -0.4 is 10.1 Å². The van der Waals surface area contributed by atoms with Gasteiger partial charge in [0.15, 0.2) is 0 Å². The Bertz CT molecular complexity index is 928. The highest BCUT2D eigenvalue weighted by Crippen LogP contribution is 2.20. The maximum absolute atomic E-state index is 13.5. The second-order valence-electron chi connectivity index (χ2n) is 6.45. The number of nitrogens with one attached hydrogen (secondary N) is 1. The molecule has 2 aromatic rings. The molecule has 1 amide bonds. The van der Waals surface area contributed by atoms with E-state index < -0.39 is 15.8 Å². The highest BCUT2D eigenvalue weighted by Gasteiger charge is 2.26. The number of morpholine rings is 1. The zero-order chi connectivity index (χ0) is 20.7. The molecule has 0 radical (unpaired) electrons. The molecule has 1 aliphatic heterocycles. The third-order valence-electron chi connectivity index (χ3n) is 4.43. The Morgan fingerprint density at radius 2 is 1.79 bits per heavy atom. The van der Waals surface area contributed by atoms with Gasteiger partial charge in [-0.15, -0.1) is 0 Å². The van der Waals surface area contributed by atoms with E-state index in [1.54, 1.807) is 30.3 Å². The molecule has 0 bridgehead atoms. The molecule has 0 aromatic heterocycles. The zero-order valence-corrected chi connectivity index (χ0v) is 16.7. The third kappa shape index (κ3) is 5.75. The van der Waals surface area contributed by atoms with Crippen molar-refractivity contribution in [3.05, 3.63) is 59.9 Å². The van der Waals surface area contributed by atoms with Crippen LogP contribution in [0.5, 0.6) is 5.75 Å². The number of amides is 1. The van der Waals surface area contributed by atoms with Gasteiger partial charge in [0.1, 0.15) is 18.2 Å². The first-order valence-corrected chi connectivity index (χ1v) is 10.7. The van der Waals surface area contributed by atoms with E-state index in [9.17, 15) is 17.6 Å². The molecule has 1 aliphatic rings. The third-order valence-corrected chi connectivity index (χ3v) is 6.35. The van der Waals surface area contributed by atoms with Crippen molar-refractivity contribution >= 4 is 15.9 Å². The van der Waals surface area contributed by atoms with Crippen LogP contribution in [0.15, 0.2) is 53.4 Å². The predicted molar refractivity (Wildman–Crippen MR) is 105 cm³/mol. The molecule has 1 heterocycles. The fraction of sp³-hybridized carbons (Fsp3) is 0.350. The molecule has 1 fully saturated rings. The Balaban J connectivity index is 1.44. The van der Waals surface area contributed by atoms with Crippen molar-refractivity contribution in [3.63, 3.8) is 0 Å². The van der Waals surface area contributed by atoms with Crippen LogP contribution in [0.1, 0.15) is 5.56 Å². The molecule has 29 heavy (non-hydrogen) atoms. The molecule has 0 aliphatic carbocycles. The first-order valence-electron chi connectivity index (χ1n) is 9.28. The monoisotopic (exact) mass is 422 g/mol. The molecule has 2 aromatic carbocycles. The lowest BCUT2D eigenvalue weighted by atomic mass is 10.1. The average molecular weight is 422 g/mol. The second kappa shape index (κ2) is 9.82. The fourth-order valence-electron chi connectivity index (χ4n) is 2.88. The molecule has 0 saturated carbocycles. The van der Waals surface area contributed by atoms with Crippen LogP contribution in [0, 0.1) is 5.82 Å². The molecule has 9 heteroatoms. The van der Waals surface area contributed by atoms with E-state index in [1.807, 2.05) is 0 Å². The summed E-state index contributed by atoms with van der Waals surface area (Å²) in [7, 11) is -3.54. The fourth-order valence-corrected chi connectivity index (χ4v) is 4.29. The summed E-state index contributed by atoms with van der Waals surface area (Å²) in [4.78, 5) is 12.1. The molecule has 0 spiro atoms. The number of hydrogen-bond donors (Lipinski definition) is 1. The summed E-state index contributed by atoms with van der Waals surface area (Å²) in [6, 6.07) is 12.3. The molecule has 0 atom stereocenters. The van der Waals surface area contributed by atoms with Crippen molar-refractivity contribution in [2.45, 2.75) is 11.3 Å². The van der Waals surface area contributed by atoms with E-state index in [-0.39, 0.29) is 30.4 Å². The number of carbonyl (C=O) groups excluding carboxylic acids is 1. The van der Waals surface area contributed by atoms with Gasteiger partial charge in [0.05, 0.1) is 31.1 Å². The van der Waals surface area contributed by atoms with Gasteiger partial charge in [-0.2, -0.15) is 4.31 Å². The van der Waals surface area contributed by atoms with E-state index in [1.165, 1.54) is 22.5 Å². The quantitative estimate of drug-likeness (QED) is 0.653. The van der Waals surface area contributed by atoms with E-state index in [0.717, 1.165) is 0 Å². The van der Waals surface area contributed by atoms with Gasteiger partial charge in [0.25, 0.3) is 0 Å². The summed E-state index contributed by atoms with van der Waals surface area (Å²) >= 11 is 0. The Morgan fingerprint density at radius 3 is 2.48 bits per heavy atom. The van der Waals surface area contributed by atoms with Gasteiger partial charge in [-0.3, -0.25) is 4.79 Å². The second-order valence-corrected chi connectivity index (χ2v) is 8.39. The number of rotatable bonds is 8. The Morgan fingerprint density at radius 1 is 1.10 bits per heavy atom. The van der Waals surface area contributed by atoms with E-state index in [2.05, 4.69) is 5.32 Å². The van der Waals surface area contributed by atoms with Gasteiger partial charge >= 0.3 is 0 Å². The maximum Gasteiger partial charge on any atom is 0.243 e. The molecule has 7 nitrogen and oxygen atoms in total. The van der Waals surface area contributed by atoms with Gasteiger partial charge in [0, 0.05) is 13.1 Å². The minimum Gasteiger partial charge on any atom is -0.492 e. The minimum absolute atomic E-state index is 0.0409. The molecular formula is C20H23FN2O5S. The van der Waals surface area contributed by atoms with Gasteiger partial charge < -0.3 is 14.8 Å².